The molecule has 0 saturated heterocycles. The molecule has 2 aromatic carbocycles. The van der Waals surface area contributed by atoms with Gasteiger partial charge in [0.1, 0.15) is 0 Å². The van der Waals surface area contributed by atoms with Crippen LogP contribution in [0.2, 0.25) is 0 Å². The predicted molar refractivity (Wildman–Crippen MR) is 113 cm³/mol. The average molecular weight is 403 g/mol. The minimum atomic E-state index is -3.72. The number of aryl methyl sites for hydroxylation is 3. The van der Waals surface area contributed by atoms with Crippen molar-refractivity contribution in [3.05, 3.63) is 65.2 Å². The molecule has 0 aliphatic carbocycles. The van der Waals surface area contributed by atoms with E-state index in [-0.39, 0.29) is 29.9 Å². The molecule has 1 atom stereocenters. The Bertz CT molecular complexity index is 895. The van der Waals surface area contributed by atoms with Crippen LogP contribution in [0.25, 0.3) is 0 Å². The van der Waals surface area contributed by atoms with Crippen LogP contribution in [0.1, 0.15) is 37.0 Å². The first-order valence-corrected chi connectivity index (χ1v) is 11.1. The van der Waals surface area contributed by atoms with E-state index in [0.29, 0.717) is 5.56 Å². The third-order valence-electron chi connectivity index (χ3n) is 4.75. The summed E-state index contributed by atoms with van der Waals surface area (Å²) in [4.78, 5) is 12.7. The van der Waals surface area contributed by atoms with Gasteiger partial charge in [-0.2, -0.15) is 4.31 Å². The molecule has 0 aromatic heterocycles. The SMILES string of the molecule is CCN(CC(=O)N[C@@H](C)CCc1ccccc1)S(=O)(=O)c1cc(C)ccc1C. The molecule has 0 aliphatic rings. The van der Waals surface area contributed by atoms with Gasteiger partial charge >= 0.3 is 0 Å². The van der Waals surface area contributed by atoms with Gasteiger partial charge < -0.3 is 5.32 Å². The molecular formula is C22H30N2O3S. The van der Waals surface area contributed by atoms with Gasteiger partial charge in [0.05, 0.1) is 11.4 Å². The Morgan fingerprint density at radius 2 is 1.79 bits per heavy atom. The van der Waals surface area contributed by atoms with Gasteiger partial charge in [-0.25, -0.2) is 8.42 Å². The largest absolute Gasteiger partial charge is 0.352 e. The number of amides is 1. The van der Waals surface area contributed by atoms with Crippen molar-refractivity contribution in [2.24, 2.45) is 0 Å². The predicted octanol–water partition coefficient (Wildman–Crippen LogP) is 3.45. The molecule has 0 bridgehead atoms. The highest BCUT2D eigenvalue weighted by molar-refractivity contribution is 7.89. The molecule has 2 aromatic rings. The van der Waals surface area contributed by atoms with Gasteiger partial charge in [-0.3, -0.25) is 4.79 Å². The summed E-state index contributed by atoms with van der Waals surface area (Å²) < 4.78 is 27.3. The second-order valence-corrected chi connectivity index (χ2v) is 9.10. The Hall–Kier alpha value is -2.18. The molecule has 2 rings (SSSR count). The third-order valence-corrected chi connectivity index (χ3v) is 6.81. The van der Waals surface area contributed by atoms with E-state index >= 15 is 0 Å². The van der Waals surface area contributed by atoms with E-state index in [1.54, 1.807) is 26.0 Å². The van der Waals surface area contributed by atoms with Crippen LogP contribution in [0.3, 0.4) is 0 Å². The summed E-state index contributed by atoms with van der Waals surface area (Å²) in [7, 11) is -3.72. The maximum absolute atomic E-state index is 13.0. The Labute approximate surface area is 168 Å². The first-order valence-electron chi connectivity index (χ1n) is 9.64. The molecule has 0 saturated carbocycles. The maximum atomic E-state index is 13.0. The molecular weight excluding hydrogens is 372 g/mol. The first kappa shape index (κ1) is 22.1. The van der Waals surface area contributed by atoms with E-state index in [2.05, 4.69) is 17.4 Å². The summed E-state index contributed by atoms with van der Waals surface area (Å²) in [5.41, 5.74) is 2.77. The lowest BCUT2D eigenvalue weighted by atomic mass is 10.1. The van der Waals surface area contributed by atoms with Gasteiger partial charge in [-0.05, 0) is 56.4 Å². The molecule has 1 amide bonds. The summed E-state index contributed by atoms with van der Waals surface area (Å²) >= 11 is 0. The topological polar surface area (TPSA) is 66.5 Å². The lowest BCUT2D eigenvalue weighted by molar-refractivity contribution is -0.121. The number of hydrogen-bond acceptors (Lipinski definition) is 3. The Kier molecular flexibility index (Phi) is 7.78. The molecule has 6 heteroatoms. The average Bonchev–Trinajstić information content (AvgIpc) is 2.67. The van der Waals surface area contributed by atoms with Crippen LogP contribution in [0, 0.1) is 13.8 Å². The summed E-state index contributed by atoms with van der Waals surface area (Å²) in [5, 5.41) is 2.92. The third kappa shape index (κ3) is 5.91. The van der Waals surface area contributed by atoms with Crippen molar-refractivity contribution >= 4 is 15.9 Å². The van der Waals surface area contributed by atoms with E-state index in [4.69, 9.17) is 0 Å². The van der Waals surface area contributed by atoms with Gasteiger partial charge in [0.15, 0.2) is 0 Å². The molecule has 0 heterocycles. The van der Waals surface area contributed by atoms with Crippen LogP contribution in [-0.4, -0.2) is 37.8 Å². The number of carbonyl (C=O) groups excluding carboxylic acids is 1. The number of benzene rings is 2. The fraction of sp³-hybridized carbons (Fsp3) is 0.409. The molecule has 1 N–H and O–H groups in total. The summed E-state index contributed by atoms with van der Waals surface area (Å²) in [6.07, 6.45) is 1.66. The number of nitrogens with zero attached hydrogens (tertiary/aromatic N) is 1. The number of hydrogen-bond donors (Lipinski definition) is 1. The summed E-state index contributed by atoms with van der Waals surface area (Å²) in [5.74, 6) is -0.281. The quantitative estimate of drug-likeness (QED) is 0.699. The second kappa shape index (κ2) is 9.85. The van der Waals surface area contributed by atoms with Crippen molar-refractivity contribution in [3.63, 3.8) is 0 Å². The zero-order valence-corrected chi connectivity index (χ0v) is 17.9. The Morgan fingerprint density at radius 3 is 2.43 bits per heavy atom. The van der Waals surface area contributed by atoms with Crippen LogP contribution in [0.15, 0.2) is 53.4 Å². The Morgan fingerprint density at radius 1 is 1.11 bits per heavy atom. The zero-order chi connectivity index (χ0) is 20.7. The number of nitrogens with one attached hydrogen (secondary N) is 1. The van der Waals surface area contributed by atoms with Crippen molar-refractivity contribution in [1.82, 2.24) is 9.62 Å². The number of carbonyl (C=O) groups is 1. The van der Waals surface area contributed by atoms with Crippen LogP contribution >= 0.6 is 0 Å². The van der Waals surface area contributed by atoms with Gasteiger partial charge in [0, 0.05) is 12.6 Å². The number of rotatable bonds is 9. The molecule has 0 unspecified atom stereocenters. The number of likely N-dealkylation sites (N-methyl/N-ethyl adjacent to an activating group) is 1. The maximum Gasteiger partial charge on any atom is 0.243 e. The Balaban J connectivity index is 1.99. The molecule has 0 aliphatic heterocycles. The minimum Gasteiger partial charge on any atom is -0.352 e. The van der Waals surface area contributed by atoms with Gasteiger partial charge in [-0.1, -0.05) is 49.4 Å². The van der Waals surface area contributed by atoms with Crippen molar-refractivity contribution in [2.45, 2.75) is 51.5 Å². The molecule has 0 fully saturated rings. The fourth-order valence-corrected chi connectivity index (χ4v) is 4.79. The molecule has 0 radical (unpaired) electrons. The highest BCUT2D eigenvalue weighted by Gasteiger charge is 2.27. The molecule has 0 spiro atoms. The van der Waals surface area contributed by atoms with Gasteiger partial charge in [-0.15, -0.1) is 0 Å². The van der Waals surface area contributed by atoms with E-state index in [1.807, 2.05) is 38.1 Å². The van der Waals surface area contributed by atoms with Gasteiger partial charge in [0.25, 0.3) is 0 Å². The van der Waals surface area contributed by atoms with Crippen molar-refractivity contribution in [3.8, 4) is 0 Å². The van der Waals surface area contributed by atoms with Crippen LogP contribution in [0.4, 0.5) is 0 Å². The lowest BCUT2D eigenvalue weighted by Crippen LogP contribution is -2.43. The lowest BCUT2D eigenvalue weighted by Gasteiger charge is -2.22. The highest BCUT2D eigenvalue weighted by Crippen LogP contribution is 2.21. The van der Waals surface area contributed by atoms with Crippen molar-refractivity contribution in [1.29, 1.82) is 0 Å². The standard InChI is InChI=1S/C22H30N2O3S/c1-5-24(28(26,27)21-15-17(2)11-12-18(21)3)16-22(25)23-19(4)13-14-20-9-7-6-8-10-20/h6-12,15,19H,5,13-14,16H2,1-4H3,(H,23,25)/t19-/m0/s1. The highest BCUT2D eigenvalue weighted by atomic mass is 32.2. The van der Waals surface area contributed by atoms with Gasteiger partial charge in [0.2, 0.25) is 15.9 Å². The smallest absolute Gasteiger partial charge is 0.243 e. The van der Waals surface area contributed by atoms with E-state index < -0.39 is 10.0 Å². The van der Waals surface area contributed by atoms with E-state index in [1.165, 1.54) is 9.87 Å². The van der Waals surface area contributed by atoms with E-state index in [9.17, 15) is 13.2 Å². The van der Waals surface area contributed by atoms with Crippen molar-refractivity contribution < 1.29 is 13.2 Å². The number of sulfonamides is 1. The second-order valence-electron chi connectivity index (χ2n) is 7.19. The zero-order valence-electron chi connectivity index (χ0n) is 17.1. The van der Waals surface area contributed by atoms with E-state index in [0.717, 1.165) is 18.4 Å². The minimum absolute atomic E-state index is 0.0326. The summed E-state index contributed by atoms with van der Waals surface area (Å²) in [6, 6.07) is 15.4. The van der Waals surface area contributed by atoms with Crippen LogP contribution < -0.4 is 5.32 Å². The first-order chi connectivity index (χ1) is 13.2. The molecule has 152 valence electrons. The van der Waals surface area contributed by atoms with Crippen LogP contribution in [-0.2, 0) is 21.2 Å². The van der Waals surface area contributed by atoms with Crippen LogP contribution in [0.5, 0.6) is 0 Å². The normalized spacial score (nSPS) is 12.8. The molecule has 28 heavy (non-hydrogen) atoms. The molecule has 5 nitrogen and oxygen atoms in total. The monoisotopic (exact) mass is 402 g/mol. The van der Waals surface area contributed by atoms with Crippen molar-refractivity contribution in [2.75, 3.05) is 13.1 Å². The summed E-state index contributed by atoms with van der Waals surface area (Å²) in [6.45, 7) is 7.37. The fourth-order valence-electron chi connectivity index (χ4n) is 3.07.